The van der Waals surface area contributed by atoms with Gasteiger partial charge in [0.25, 0.3) is 0 Å². The molecule has 0 unspecified atom stereocenters. The monoisotopic (exact) mass is 357 g/mol. The molecule has 1 rings (SSSR count). The molecule has 24 heavy (non-hydrogen) atoms. The maximum atomic E-state index is 13.3. The minimum atomic E-state index is -5.83. The van der Waals surface area contributed by atoms with E-state index < -0.39 is 36.2 Å². The predicted octanol–water partition coefficient (Wildman–Crippen LogP) is 3.93. The number of aryl methyl sites for hydroxylation is 1. The van der Waals surface area contributed by atoms with Gasteiger partial charge in [-0.05, 0) is 31.0 Å². The van der Waals surface area contributed by atoms with Crippen molar-refractivity contribution in [2.45, 2.75) is 51.1 Å². The molecule has 1 aromatic rings. The standard InChI is InChI=1S/C14H17F6N3O/c1-3-4-5-11(24)23-12(13(15,16)17,14(18,19)20)22-10-8-9(2)6-7-21-10/h6-8H,3-5H2,1-2H3,(H,21,22)(H,23,24). The molecule has 0 aliphatic carbocycles. The van der Waals surface area contributed by atoms with Crippen LogP contribution in [0, 0.1) is 6.92 Å². The summed E-state index contributed by atoms with van der Waals surface area (Å²) in [6.07, 6.45) is -10.4. The topological polar surface area (TPSA) is 54.0 Å². The van der Waals surface area contributed by atoms with Gasteiger partial charge in [-0.3, -0.25) is 4.79 Å². The second kappa shape index (κ2) is 7.27. The highest BCUT2D eigenvalue weighted by Crippen LogP contribution is 2.43. The van der Waals surface area contributed by atoms with E-state index in [1.54, 1.807) is 6.92 Å². The van der Waals surface area contributed by atoms with Crippen molar-refractivity contribution in [2.75, 3.05) is 5.32 Å². The van der Waals surface area contributed by atoms with E-state index in [1.165, 1.54) is 18.3 Å². The van der Waals surface area contributed by atoms with Gasteiger partial charge >= 0.3 is 18.0 Å². The van der Waals surface area contributed by atoms with Crippen molar-refractivity contribution < 1.29 is 31.1 Å². The summed E-state index contributed by atoms with van der Waals surface area (Å²) >= 11 is 0. The van der Waals surface area contributed by atoms with Crippen LogP contribution in [0.3, 0.4) is 0 Å². The van der Waals surface area contributed by atoms with Gasteiger partial charge in [0, 0.05) is 12.6 Å². The molecule has 4 nitrogen and oxygen atoms in total. The molecule has 0 atom stereocenters. The molecule has 0 aromatic carbocycles. The van der Waals surface area contributed by atoms with E-state index in [2.05, 4.69) is 4.98 Å². The normalized spacial score (nSPS) is 12.8. The lowest BCUT2D eigenvalue weighted by atomic mass is 10.1. The fourth-order valence-corrected chi connectivity index (χ4v) is 1.88. The Morgan fingerprint density at radius 3 is 2.21 bits per heavy atom. The first-order valence-electron chi connectivity index (χ1n) is 7.08. The predicted molar refractivity (Wildman–Crippen MR) is 75.1 cm³/mol. The Kier molecular flexibility index (Phi) is 6.07. The van der Waals surface area contributed by atoms with Crippen LogP contribution in [0.2, 0.25) is 0 Å². The maximum Gasteiger partial charge on any atom is 0.439 e. The smallest absolute Gasteiger partial charge is 0.332 e. The number of pyridine rings is 1. The van der Waals surface area contributed by atoms with E-state index in [-0.39, 0.29) is 6.42 Å². The molecule has 0 radical (unpaired) electrons. The van der Waals surface area contributed by atoms with E-state index in [0.29, 0.717) is 12.0 Å². The average Bonchev–Trinajstić information content (AvgIpc) is 2.42. The molecular weight excluding hydrogens is 340 g/mol. The number of rotatable bonds is 6. The van der Waals surface area contributed by atoms with Crippen molar-refractivity contribution in [2.24, 2.45) is 0 Å². The van der Waals surface area contributed by atoms with Gasteiger partial charge in [-0.15, -0.1) is 0 Å². The van der Waals surface area contributed by atoms with Gasteiger partial charge in [-0.2, -0.15) is 26.3 Å². The van der Waals surface area contributed by atoms with Crippen LogP contribution in [0.4, 0.5) is 32.2 Å². The van der Waals surface area contributed by atoms with Crippen LogP contribution in [0.15, 0.2) is 18.3 Å². The number of nitrogens with zero attached hydrogens (tertiary/aromatic N) is 1. The Balaban J connectivity index is 3.29. The third kappa shape index (κ3) is 4.51. The molecule has 0 bridgehead atoms. The fraction of sp³-hybridized carbons (Fsp3) is 0.571. The Hall–Kier alpha value is -2.00. The number of halogens is 6. The Morgan fingerprint density at radius 2 is 1.75 bits per heavy atom. The molecule has 1 aromatic heterocycles. The van der Waals surface area contributed by atoms with E-state index in [0.717, 1.165) is 17.6 Å². The van der Waals surface area contributed by atoms with Crippen molar-refractivity contribution in [1.82, 2.24) is 10.3 Å². The largest absolute Gasteiger partial charge is 0.439 e. The number of aromatic nitrogens is 1. The first-order chi connectivity index (χ1) is 10.9. The molecular formula is C14H17F6N3O. The number of carbonyl (C=O) groups excluding carboxylic acids is 1. The lowest BCUT2D eigenvalue weighted by molar-refractivity contribution is -0.296. The van der Waals surface area contributed by atoms with Crippen LogP contribution in [-0.2, 0) is 4.79 Å². The molecule has 0 spiro atoms. The van der Waals surface area contributed by atoms with Crippen molar-refractivity contribution in [1.29, 1.82) is 0 Å². The first-order valence-corrected chi connectivity index (χ1v) is 7.08. The Labute approximate surface area is 134 Å². The number of unbranched alkanes of at least 4 members (excludes halogenated alkanes) is 1. The number of amides is 1. The summed E-state index contributed by atoms with van der Waals surface area (Å²) in [4.78, 5) is 15.1. The summed E-state index contributed by atoms with van der Waals surface area (Å²) in [6, 6.07) is 2.43. The fourth-order valence-electron chi connectivity index (χ4n) is 1.88. The molecule has 0 fully saturated rings. The van der Waals surface area contributed by atoms with Gasteiger partial charge in [0.15, 0.2) is 0 Å². The van der Waals surface area contributed by atoms with Crippen LogP contribution in [0.5, 0.6) is 0 Å². The molecule has 1 heterocycles. The molecule has 0 saturated heterocycles. The lowest BCUT2D eigenvalue weighted by Crippen LogP contribution is -2.72. The molecule has 10 heteroatoms. The quantitative estimate of drug-likeness (QED) is 0.599. The number of alkyl halides is 6. The van der Waals surface area contributed by atoms with E-state index in [4.69, 9.17) is 0 Å². The van der Waals surface area contributed by atoms with Crippen molar-refractivity contribution in [3.63, 3.8) is 0 Å². The highest BCUT2D eigenvalue weighted by molar-refractivity contribution is 5.77. The van der Waals surface area contributed by atoms with Crippen LogP contribution in [0.1, 0.15) is 31.7 Å². The zero-order valence-corrected chi connectivity index (χ0v) is 13.0. The van der Waals surface area contributed by atoms with Gasteiger partial charge in [0.05, 0.1) is 0 Å². The van der Waals surface area contributed by atoms with Crippen LogP contribution < -0.4 is 10.6 Å². The highest BCUT2D eigenvalue weighted by atomic mass is 19.4. The Bertz CT molecular complexity index is 556. The number of hydrogen-bond acceptors (Lipinski definition) is 3. The molecule has 136 valence electrons. The summed E-state index contributed by atoms with van der Waals surface area (Å²) in [5.74, 6) is -2.01. The average molecular weight is 357 g/mol. The Morgan fingerprint density at radius 1 is 1.17 bits per heavy atom. The van der Waals surface area contributed by atoms with Crippen LogP contribution in [-0.4, -0.2) is 28.9 Å². The van der Waals surface area contributed by atoms with Gasteiger partial charge in [-0.1, -0.05) is 13.3 Å². The van der Waals surface area contributed by atoms with Gasteiger partial charge < -0.3 is 10.6 Å². The van der Waals surface area contributed by atoms with Crippen molar-refractivity contribution >= 4 is 11.7 Å². The van der Waals surface area contributed by atoms with Crippen molar-refractivity contribution in [3.8, 4) is 0 Å². The van der Waals surface area contributed by atoms with Gasteiger partial charge in [0.1, 0.15) is 5.82 Å². The third-order valence-electron chi connectivity index (χ3n) is 3.17. The van der Waals surface area contributed by atoms with E-state index >= 15 is 0 Å². The number of carbonyl (C=O) groups is 1. The van der Waals surface area contributed by atoms with Gasteiger partial charge in [-0.25, -0.2) is 4.98 Å². The van der Waals surface area contributed by atoms with Crippen LogP contribution >= 0.6 is 0 Å². The lowest BCUT2D eigenvalue weighted by Gasteiger charge is -2.38. The summed E-state index contributed by atoms with van der Waals surface area (Å²) in [5.41, 5.74) is -4.21. The zero-order valence-electron chi connectivity index (χ0n) is 13.0. The SMILES string of the molecule is CCCCC(=O)NC(Nc1cc(C)ccn1)(C(F)(F)F)C(F)(F)F. The molecule has 0 aliphatic heterocycles. The maximum absolute atomic E-state index is 13.3. The number of anilines is 1. The molecule has 1 amide bonds. The summed E-state index contributed by atoms with van der Waals surface area (Å²) < 4.78 is 79.9. The molecule has 2 N–H and O–H groups in total. The minimum Gasteiger partial charge on any atom is -0.332 e. The van der Waals surface area contributed by atoms with Crippen molar-refractivity contribution in [3.05, 3.63) is 23.9 Å². The van der Waals surface area contributed by atoms with Crippen LogP contribution in [0.25, 0.3) is 0 Å². The molecule has 0 aliphatic rings. The molecule has 0 saturated carbocycles. The van der Waals surface area contributed by atoms with Gasteiger partial charge in [0.2, 0.25) is 5.91 Å². The highest BCUT2D eigenvalue weighted by Gasteiger charge is 2.72. The first kappa shape index (κ1) is 20.0. The second-order valence-corrected chi connectivity index (χ2v) is 5.24. The summed E-state index contributed by atoms with van der Waals surface area (Å²) in [6.45, 7) is 3.14. The third-order valence-corrected chi connectivity index (χ3v) is 3.17. The van der Waals surface area contributed by atoms with E-state index in [9.17, 15) is 31.1 Å². The summed E-state index contributed by atoms with van der Waals surface area (Å²) in [7, 11) is 0. The number of hydrogen-bond donors (Lipinski definition) is 2. The zero-order chi connectivity index (χ0) is 18.6. The van der Waals surface area contributed by atoms with E-state index in [1.807, 2.05) is 0 Å². The second-order valence-electron chi connectivity index (χ2n) is 5.24. The number of nitrogens with one attached hydrogen (secondary N) is 2. The summed E-state index contributed by atoms with van der Waals surface area (Å²) in [5, 5.41) is 2.40. The minimum absolute atomic E-state index is 0.167.